The van der Waals surface area contributed by atoms with Crippen molar-refractivity contribution in [3.63, 3.8) is 0 Å². The minimum atomic E-state index is 0.950. The smallest absolute Gasteiger partial charge is 0.0888 e. The molecule has 0 unspecified atom stereocenters. The van der Waals surface area contributed by atoms with E-state index in [0.29, 0.717) is 0 Å². The van der Waals surface area contributed by atoms with E-state index < -0.39 is 0 Å². The molecule has 36 heavy (non-hydrogen) atoms. The molecule has 0 atom stereocenters. The van der Waals surface area contributed by atoms with Gasteiger partial charge in [0, 0.05) is 24.8 Å². The molecular weight excluding hydrogens is 440 g/mol. The Hall–Kier alpha value is -3.40. The van der Waals surface area contributed by atoms with Crippen molar-refractivity contribution in [1.29, 1.82) is 0 Å². The van der Waals surface area contributed by atoms with Gasteiger partial charge in [0.1, 0.15) is 0 Å². The molecular formula is C32H38N4. The van der Waals surface area contributed by atoms with Crippen molar-refractivity contribution < 1.29 is 0 Å². The van der Waals surface area contributed by atoms with Gasteiger partial charge in [0.05, 0.1) is 22.8 Å². The molecule has 0 aliphatic carbocycles. The van der Waals surface area contributed by atoms with E-state index in [-0.39, 0.29) is 0 Å². The Bertz CT molecular complexity index is 1050. The van der Waals surface area contributed by atoms with Crippen molar-refractivity contribution in [2.45, 2.75) is 77.0 Å². The molecule has 0 bridgehead atoms. The van der Waals surface area contributed by atoms with Crippen LogP contribution in [0.25, 0.3) is 22.8 Å². The summed E-state index contributed by atoms with van der Waals surface area (Å²) in [7, 11) is 0. The maximum atomic E-state index is 4.48. The highest BCUT2D eigenvalue weighted by atomic mass is 14.8. The van der Waals surface area contributed by atoms with E-state index in [0.717, 1.165) is 35.6 Å². The second kappa shape index (κ2) is 14.9. The van der Waals surface area contributed by atoms with Crippen LogP contribution in [-0.4, -0.2) is 19.9 Å². The van der Waals surface area contributed by atoms with Crippen LogP contribution in [0.4, 0.5) is 0 Å². The molecule has 4 nitrogen and oxygen atoms in total. The van der Waals surface area contributed by atoms with Crippen LogP contribution >= 0.6 is 0 Å². The van der Waals surface area contributed by atoms with Crippen LogP contribution in [-0.2, 0) is 12.8 Å². The van der Waals surface area contributed by atoms with Crippen molar-refractivity contribution in [2.24, 2.45) is 0 Å². The Kier molecular flexibility index (Phi) is 10.6. The minimum Gasteiger partial charge on any atom is -0.255 e. The molecule has 0 saturated carbocycles. The molecule has 0 radical (unpaired) electrons. The van der Waals surface area contributed by atoms with Gasteiger partial charge < -0.3 is 0 Å². The third kappa shape index (κ3) is 8.67. The zero-order valence-corrected chi connectivity index (χ0v) is 21.4. The lowest BCUT2D eigenvalue weighted by Crippen LogP contribution is -1.91. The number of pyridine rings is 4. The number of hydrogen-bond donors (Lipinski definition) is 0. The lowest BCUT2D eigenvalue weighted by Gasteiger charge is -2.06. The van der Waals surface area contributed by atoms with Gasteiger partial charge in [0.25, 0.3) is 0 Å². The summed E-state index contributed by atoms with van der Waals surface area (Å²) < 4.78 is 0. The summed E-state index contributed by atoms with van der Waals surface area (Å²) in [5, 5.41) is 0. The maximum absolute atomic E-state index is 4.48. The summed E-state index contributed by atoms with van der Waals surface area (Å²) in [4.78, 5) is 17.8. The number of rotatable bonds is 15. The summed E-state index contributed by atoms with van der Waals surface area (Å²) >= 11 is 0. The normalized spacial score (nSPS) is 11.0. The molecule has 0 aromatic carbocycles. The van der Waals surface area contributed by atoms with Gasteiger partial charge in [-0.2, -0.15) is 0 Å². The zero-order valence-electron chi connectivity index (χ0n) is 21.4. The molecule has 0 amide bonds. The number of nitrogens with zero attached hydrogens (tertiary/aromatic N) is 4. The monoisotopic (exact) mass is 478 g/mol. The average Bonchev–Trinajstić information content (AvgIpc) is 2.95. The fourth-order valence-corrected chi connectivity index (χ4v) is 4.64. The van der Waals surface area contributed by atoms with E-state index in [1.807, 2.05) is 61.2 Å². The Morgan fingerprint density at radius 3 is 1.14 bits per heavy atom. The first-order chi connectivity index (χ1) is 17.9. The molecule has 0 fully saturated rings. The predicted octanol–water partition coefficient (Wildman–Crippen LogP) is 8.29. The third-order valence-electron chi connectivity index (χ3n) is 6.68. The van der Waals surface area contributed by atoms with E-state index in [4.69, 9.17) is 0 Å². The van der Waals surface area contributed by atoms with E-state index >= 15 is 0 Å². The van der Waals surface area contributed by atoms with Crippen molar-refractivity contribution in [2.75, 3.05) is 0 Å². The van der Waals surface area contributed by atoms with Crippen LogP contribution in [0.1, 0.15) is 75.3 Å². The van der Waals surface area contributed by atoms with Gasteiger partial charge in [-0.25, -0.2) is 0 Å². The van der Waals surface area contributed by atoms with Gasteiger partial charge in [-0.1, -0.05) is 63.5 Å². The number of aryl methyl sites for hydroxylation is 2. The van der Waals surface area contributed by atoms with Crippen molar-refractivity contribution in [1.82, 2.24) is 19.9 Å². The average molecular weight is 479 g/mol. The standard InChI is InChI=1S/C32H38N4/c1(3-5-7-9-15-27-19-23-35-31(25-27)29-17-11-13-21-33-29)2-4-6-8-10-16-28-20-24-36-32(26-28)30-18-12-14-22-34-30/h11-14,17-26H,1-10,15-16H2. The molecule has 0 saturated heterocycles. The zero-order chi connectivity index (χ0) is 24.7. The lowest BCUT2D eigenvalue weighted by molar-refractivity contribution is 0.551. The Morgan fingerprint density at radius 2 is 0.750 bits per heavy atom. The van der Waals surface area contributed by atoms with Crippen LogP contribution in [0.2, 0.25) is 0 Å². The molecule has 4 heteroatoms. The quantitative estimate of drug-likeness (QED) is 0.161. The second-order valence-electron chi connectivity index (χ2n) is 9.56. The lowest BCUT2D eigenvalue weighted by atomic mass is 10.0. The minimum absolute atomic E-state index is 0.950. The van der Waals surface area contributed by atoms with E-state index in [1.54, 1.807) is 0 Å². The topological polar surface area (TPSA) is 51.6 Å². The first-order valence-corrected chi connectivity index (χ1v) is 13.6. The number of unbranched alkanes of at least 4 members (excludes halogenated alkanes) is 9. The van der Waals surface area contributed by atoms with Crippen molar-refractivity contribution >= 4 is 0 Å². The number of aromatic nitrogens is 4. The van der Waals surface area contributed by atoms with Crippen molar-refractivity contribution in [3.05, 3.63) is 96.6 Å². The van der Waals surface area contributed by atoms with Crippen LogP contribution in [0, 0.1) is 0 Å². The molecule has 4 rings (SSSR count). The SMILES string of the molecule is c1ccc(-c2cc(CCCCCCCCCCCCc3ccnc(-c4ccccn4)c3)ccn2)nc1. The Morgan fingerprint density at radius 1 is 0.361 bits per heavy atom. The highest BCUT2D eigenvalue weighted by molar-refractivity contribution is 5.55. The molecule has 4 heterocycles. The largest absolute Gasteiger partial charge is 0.255 e. The van der Waals surface area contributed by atoms with Crippen LogP contribution < -0.4 is 0 Å². The Labute approximate surface area is 216 Å². The molecule has 4 aromatic rings. The molecule has 0 aliphatic heterocycles. The highest BCUT2D eigenvalue weighted by Crippen LogP contribution is 2.19. The molecule has 0 spiro atoms. The fourth-order valence-electron chi connectivity index (χ4n) is 4.64. The van der Waals surface area contributed by atoms with Gasteiger partial charge >= 0.3 is 0 Å². The Balaban J connectivity index is 1.00. The van der Waals surface area contributed by atoms with Gasteiger partial charge in [-0.15, -0.1) is 0 Å². The summed E-state index contributed by atoms with van der Waals surface area (Å²) in [5.74, 6) is 0. The first kappa shape index (κ1) is 25.7. The summed E-state index contributed by atoms with van der Waals surface area (Å²) in [5.41, 5.74) is 6.58. The predicted molar refractivity (Wildman–Crippen MR) is 149 cm³/mol. The summed E-state index contributed by atoms with van der Waals surface area (Å²) in [6.07, 6.45) is 23.0. The van der Waals surface area contributed by atoms with Crippen LogP contribution in [0.15, 0.2) is 85.5 Å². The second-order valence-corrected chi connectivity index (χ2v) is 9.56. The summed E-state index contributed by atoms with van der Waals surface area (Å²) in [6, 6.07) is 20.6. The molecule has 0 N–H and O–H groups in total. The van der Waals surface area contributed by atoms with Crippen molar-refractivity contribution in [3.8, 4) is 22.8 Å². The molecule has 0 aliphatic rings. The van der Waals surface area contributed by atoms with Gasteiger partial charge in [0.2, 0.25) is 0 Å². The highest BCUT2D eigenvalue weighted by Gasteiger charge is 2.03. The van der Waals surface area contributed by atoms with E-state index in [2.05, 4.69) is 44.2 Å². The van der Waals surface area contributed by atoms with Crippen LogP contribution in [0.5, 0.6) is 0 Å². The van der Waals surface area contributed by atoms with E-state index in [1.165, 1.54) is 75.3 Å². The third-order valence-corrected chi connectivity index (χ3v) is 6.68. The van der Waals surface area contributed by atoms with Gasteiger partial charge in [-0.3, -0.25) is 19.9 Å². The number of hydrogen-bond acceptors (Lipinski definition) is 4. The van der Waals surface area contributed by atoms with E-state index in [9.17, 15) is 0 Å². The summed E-state index contributed by atoms with van der Waals surface area (Å²) in [6.45, 7) is 0. The first-order valence-electron chi connectivity index (χ1n) is 13.6. The van der Waals surface area contributed by atoms with Gasteiger partial charge in [-0.05, 0) is 85.3 Å². The molecule has 186 valence electrons. The van der Waals surface area contributed by atoms with Crippen LogP contribution in [0.3, 0.4) is 0 Å². The van der Waals surface area contributed by atoms with Gasteiger partial charge in [0.15, 0.2) is 0 Å². The fraction of sp³-hybridized carbons (Fsp3) is 0.375. The maximum Gasteiger partial charge on any atom is 0.0888 e. The molecule has 4 aromatic heterocycles.